The van der Waals surface area contributed by atoms with Gasteiger partial charge in [-0.3, -0.25) is 14.2 Å². The van der Waals surface area contributed by atoms with Crippen LogP contribution in [-0.2, 0) is 11.3 Å². The third-order valence-electron chi connectivity index (χ3n) is 3.49. The molecule has 124 valence electrons. The molecule has 2 aromatic heterocycles. The number of hydrogen-bond acceptors (Lipinski definition) is 3. The van der Waals surface area contributed by atoms with Crippen LogP contribution in [0, 0.1) is 0 Å². The van der Waals surface area contributed by atoms with E-state index in [1.165, 1.54) is 0 Å². The number of anilines is 1. The average Bonchev–Trinajstić information content (AvgIpc) is 3.15. The zero-order valence-electron chi connectivity index (χ0n) is 12.9. The van der Waals surface area contributed by atoms with E-state index in [1.54, 1.807) is 41.1 Å². The van der Waals surface area contributed by atoms with Crippen LogP contribution in [0.25, 0.3) is 0 Å². The van der Waals surface area contributed by atoms with Gasteiger partial charge in [0.2, 0.25) is 5.91 Å². The molecule has 1 unspecified atom stereocenters. The van der Waals surface area contributed by atoms with Crippen LogP contribution in [0.5, 0.6) is 0 Å². The maximum atomic E-state index is 12.4. The van der Waals surface area contributed by atoms with Gasteiger partial charge in [0, 0.05) is 18.1 Å². The van der Waals surface area contributed by atoms with E-state index in [2.05, 4.69) is 31.4 Å². The van der Waals surface area contributed by atoms with E-state index in [1.807, 2.05) is 24.3 Å². The van der Waals surface area contributed by atoms with E-state index < -0.39 is 6.04 Å². The molecule has 0 aliphatic heterocycles. The van der Waals surface area contributed by atoms with Crippen molar-refractivity contribution in [3.05, 3.63) is 64.1 Å². The van der Waals surface area contributed by atoms with Crippen molar-refractivity contribution in [1.29, 1.82) is 0 Å². The Kier molecular flexibility index (Phi) is 5.01. The van der Waals surface area contributed by atoms with Crippen LogP contribution in [0.15, 0.2) is 53.5 Å². The minimum absolute atomic E-state index is 0.134. The Morgan fingerprint density at radius 2 is 2.17 bits per heavy atom. The zero-order valence-corrected chi connectivity index (χ0v) is 15.2. The average molecular weight is 409 g/mol. The van der Waals surface area contributed by atoms with Gasteiger partial charge < -0.3 is 5.32 Å². The molecule has 0 spiro atoms. The van der Waals surface area contributed by atoms with Crippen LogP contribution in [0.1, 0.15) is 18.5 Å². The molecule has 2 heterocycles. The SMILES string of the molecule is CC(C(=O)Nc1cccc(Cn2cc(Cl)cn2)c1)n1cc(Br)cn1. The van der Waals surface area contributed by atoms with Crippen LogP contribution in [-0.4, -0.2) is 25.5 Å². The molecule has 1 atom stereocenters. The number of carbonyl (C=O) groups is 1. The van der Waals surface area contributed by atoms with Crippen LogP contribution in [0.3, 0.4) is 0 Å². The van der Waals surface area contributed by atoms with Crippen molar-refractivity contribution in [1.82, 2.24) is 19.6 Å². The van der Waals surface area contributed by atoms with Gasteiger partial charge in [0.25, 0.3) is 0 Å². The predicted octanol–water partition coefficient (Wildman–Crippen LogP) is 3.74. The minimum Gasteiger partial charge on any atom is -0.324 e. The molecular weight excluding hydrogens is 394 g/mol. The molecule has 0 saturated carbocycles. The van der Waals surface area contributed by atoms with Crippen LogP contribution >= 0.6 is 27.5 Å². The van der Waals surface area contributed by atoms with Crippen LogP contribution in [0.2, 0.25) is 5.02 Å². The predicted molar refractivity (Wildman–Crippen MR) is 96.0 cm³/mol. The molecule has 0 bridgehead atoms. The number of nitrogens with one attached hydrogen (secondary N) is 1. The smallest absolute Gasteiger partial charge is 0.248 e. The summed E-state index contributed by atoms with van der Waals surface area (Å²) in [6.45, 7) is 2.38. The second-order valence-electron chi connectivity index (χ2n) is 5.36. The number of benzene rings is 1. The Bertz CT molecular complexity index is 860. The van der Waals surface area contributed by atoms with Gasteiger partial charge in [0.15, 0.2) is 0 Å². The lowest BCUT2D eigenvalue weighted by molar-refractivity contribution is -0.119. The summed E-state index contributed by atoms with van der Waals surface area (Å²) < 4.78 is 4.18. The van der Waals surface area contributed by atoms with Crippen molar-refractivity contribution in [2.75, 3.05) is 5.32 Å². The van der Waals surface area contributed by atoms with Gasteiger partial charge in [-0.15, -0.1) is 0 Å². The summed E-state index contributed by atoms with van der Waals surface area (Å²) >= 11 is 9.20. The highest BCUT2D eigenvalue weighted by molar-refractivity contribution is 9.10. The minimum atomic E-state index is -0.412. The lowest BCUT2D eigenvalue weighted by Gasteiger charge is -2.13. The number of aromatic nitrogens is 4. The van der Waals surface area contributed by atoms with Crippen molar-refractivity contribution in [2.45, 2.75) is 19.5 Å². The molecule has 1 aromatic carbocycles. The molecule has 3 rings (SSSR count). The fourth-order valence-corrected chi connectivity index (χ4v) is 2.71. The first-order valence-electron chi connectivity index (χ1n) is 7.28. The first-order valence-corrected chi connectivity index (χ1v) is 8.46. The van der Waals surface area contributed by atoms with E-state index in [0.29, 0.717) is 11.6 Å². The summed E-state index contributed by atoms with van der Waals surface area (Å²) in [6.07, 6.45) is 6.77. The van der Waals surface area contributed by atoms with Crippen molar-refractivity contribution in [3.63, 3.8) is 0 Å². The Morgan fingerprint density at radius 3 is 2.83 bits per heavy atom. The highest BCUT2D eigenvalue weighted by Gasteiger charge is 2.16. The molecule has 1 amide bonds. The number of nitrogens with zero attached hydrogens (tertiary/aromatic N) is 4. The van der Waals surface area contributed by atoms with Gasteiger partial charge in [0.05, 0.1) is 28.4 Å². The van der Waals surface area contributed by atoms with Gasteiger partial charge in [-0.1, -0.05) is 23.7 Å². The van der Waals surface area contributed by atoms with Crippen molar-refractivity contribution in [2.24, 2.45) is 0 Å². The van der Waals surface area contributed by atoms with Crippen LogP contribution < -0.4 is 5.32 Å². The molecule has 0 fully saturated rings. The Labute approximate surface area is 152 Å². The number of hydrogen-bond donors (Lipinski definition) is 1. The van der Waals surface area contributed by atoms with Gasteiger partial charge in [0.1, 0.15) is 6.04 Å². The fraction of sp³-hybridized carbons (Fsp3) is 0.188. The van der Waals surface area contributed by atoms with Crippen molar-refractivity contribution in [3.8, 4) is 0 Å². The third kappa shape index (κ3) is 4.04. The van der Waals surface area contributed by atoms with E-state index >= 15 is 0 Å². The second-order valence-corrected chi connectivity index (χ2v) is 6.71. The molecule has 8 heteroatoms. The van der Waals surface area contributed by atoms with Crippen molar-refractivity contribution < 1.29 is 4.79 Å². The van der Waals surface area contributed by atoms with E-state index in [-0.39, 0.29) is 5.91 Å². The maximum Gasteiger partial charge on any atom is 0.248 e. The maximum absolute atomic E-state index is 12.4. The summed E-state index contributed by atoms with van der Waals surface area (Å²) in [4.78, 5) is 12.4. The molecule has 3 aromatic rings. The summed E-state index contributed by atoms with van der Waals surface area (Å²) in [5.74, 6) is -0.134. The lowest BCUT2D eigenvalue weighted by atomic mass is 10.2. The van der Waals surface area contributed by atoms with Crippen molar-refractivity contribution >= 4 is 39.1 Å². The van der Waals surface area contributed by atoms with E-state index in [9.17, 15) is 4.79 Å². The molecule has 0 aliphatic carbocycles. The summed E-state index contributed by atoms with van der Waals surface area (Å²) in [5, 5.41) is 11.8. The quantitative estimate of drug-likeness (QED) is 0.699. The molecule has 0 radical (unpaired) electrons. The molecule has 6 nitrogen and oxygen atoms in total. The second kappa shape index (κ2) is 7.19. The van der Waals surface area contributed by atoms with Gasteiger partial charge in [-0.05, 0) is 40.5 Å². The first-order chi connectivity index (χ1) is 11.5. The van der Waals surface area contributed by atoms with Gasteiger partial charge in [-0.2, -0.15) is 10.2 Å². The van der Waals surface area contributed by atoms with E-state index in [4.69, 9.17) is 11.6 Å². The molecule has 1 N–H and O–H groups in total. The van der Waals surface area contributed by atoms with Gasteiger partial charge in [-0.25, -0.2) is 0 Å². The lowest BCUT2D eigenvalue weighted by Crippen LogP contribution is -2.24. The largest absolute Gasteiger partial charge is 0.324 e. The van der Waals surface area contributed by atoms with Crippen LogP contribution in [0.4, 0.5) is 5.69 Å². The molecule has 0 aliphatic rings. The zero-order chi connectivity index (χ0) is 17.1. The first kappa shape index (κ1) is 16.7. The summed E-state index contributed by atoms with van der Waals surface area (Å²) in [5.41, 5.74) is 1.75. The topological polar surface area (TPSA) is 64.7 Å². The number of carbonyl (C=O) groups excluding carboxylic acids is 1. The fourth-order valence-electron chi connectivity index (χ4n) is 2.25. The van der Waals surface area contributed by atoms with Gasteiger partial charge >= 0.3 is 0 Å². The Hall–Kier alpha value is -2.12. The monoisotopic (exact) mass is 407 g/mol. The molecular formula is C16H15BrClN5O. The highest BCUT2D eigenvalue weighted by Crippen LogP contribution is 2.16. The number of rotatable bonds is 5. The molecule has 24 heavy (non-hydrogen) atoms. The number of amides is 1. The standard InChI is InChI=1S/C16H15BrClN5O/c1-11(23-9-13(17)6-20-23)16(24)21-15-4-2-3-12(5-15)8-22-10-14(18)7-19-22/h2-7,9-11H,8H2,1H3,(H,21,24). The summed E-state index contributed by atoms with van der Waals surface area (Å²) in [7, 11) is 0. The normalized spacial score (nSPS) is 12.1. The Balaban J connectivity index is 1.68. The Morgan fingerprint density at radius 1 is 1.33 bits per heavy atom. The number of halogens is 2. The summed E-state index contributed by atoms with van der Waals surface area (Å²) in [6, 6.07) is 7.22. The third-order valence-corrected chi connectivity index (χ3v) is 4.09. The van der Waals surface area contributed by atoms with E-state index in [0.717, 1.165) is 15.7 Å². The molecule has 0 saturated heterocycles. The highest BCUT2D eigenvalue weighted by atomic mass is 79.9.